The number of rotatable bonds is 7. The second-order valence-electron chi connectivity index (χ2n) is 15.6. The Morgan fingerprint density at radius 3 is 2.33 bits per heavy atom. The van der Waals surface area contributed by atoms with Crippen LogP contribution in [0.2, 0.25) is 0 Å². The normalized spacial score (nSPS) is 30.9. The van der Waals surface area contributed by atoms with Crippen molar-refractivity contribution in [2.24, 2.45) is 23.7 Å². The third-order valence-corrected chi connectivity index (χ3v) is 12.6. The molecule has 2 N–H and O–H groups in total. The zero-order valence-electron chi connectivity index (χ0n) is 28.5. The molecule has 12 nitrogen and oxygen atoms in total. The molecule has 3 aliphatic heterocycles. The molecule has 1 unspecified atom stereocenters. The van der Waals surface area contributed by atoms with Gasteiger partial charge in [-0.1, -0.05) is 0 Å². The van der Waals surface area contributed by atoms with E-state index < -0.39 is 40.3 Å². The average molecular weight is 720 g/mol. The summed E-state index contributed by atoms with van der Waals surface area (Å²) in [6.45, 7) is 2.66. The lowest BCUT2D eigenvalue weighted by Crippen LogP contribution is -2.70. The number of aliphatic carboxylic acids is 1. The van der Waals surface area contributed by atoms with Gasteiger partial charge in [-0.3, -0.25) is 4.79 Å². The summed E-state index contributed by atoms with van der Waals surface area (Å²) in [4.78, 5) is 47.4. The second-order valence-corrected chi connectivity index (χ2v) is 15.6. The van der Waals surface area contributed by atoms with Crippen molar-refractivity contribution in [2.75, 3.05) is 42.6 Å². The number of piperidine rings is 1. The zero-order chi connectivity index (χ0) is 35.8. The van der Waals surface area contributed by atoms with Gasteiger partial charge in [-0.05, 0) is 92.0 Å². The molecule has 1 atom stereocenters. The lowest BCUT2D eigenvalue weighted by Gasteiger charge is -2.59. The van der Waals surface area contributed by atoms with Gasteiger partial charge in [0.1, 0.15) is 17.4 Å². The third-order valence-electron chi connectivity index (χ3n) is 12.6. The van der Waals surface area contributed by atoms with Crippen molar-refractivity contribution in [2.45, 2.75) is 74.6 Å². The summed E-state index contributed by atoms with van der Waals surface area (Å²) in [5, 5.41) is 13.1. The van der Waals surface area contributed by atoms with Crippen molar-refractivity contribution in [3.05, 3.63) is 59.7 Å². The number of hydrogen-bond acceptors (Lipinski definition) is 10. The van der Waals surface area contributed by atoms with E-state index in [0.29, 0.717) is 74.5 Å². The first-order valence-corrected chi connectivity index (χ1v) is 18.2. The van der Waals surface area contributed by atoms with Crippen LogP contribution in [0.5, 0.6) is 5.75 Å². The summed E-state index contributed by atoms with van der Waals surface area (Å²) < 4.78 is 56.5. The number of halogens is 3. The highest BCUT2D eigenvalue weighted by Crippen LogP contribution is 2.58. The molecular formula is C37H40F3N7O5. The molecule has 52 heavy (non-hydrogen) atoms. The minimum Gasteiger partial charge on any atom is -0.490 e. The number of benzene rings is 1. The number of aromatic nitrogens is 4. The zero-order valence-corrected chi connectivity index (χ0v) is 28.5. The largest absolute Gasteiger partial charge is 0.490 e. The Balaban J connectivity index is 0.980. The molecular weight excluding hydrogens is 679 g/mol. The number of carbonyl (C=O) groups is 2. The number of fused-ring (bicyclic) bond motifs is 2. The SMILES string of the molecule is O=C(NC1(C(=O)O)C2CC3CC(C2)CC1C3)c1cnc(N2CC3(CCOC3)c3cc(OC4CCN(c5ncccn5)CC4)ccc32)nc1C(F)(F)F. The van der Waals surface area contributed by atoms with E-state index in [-0.39, 0.29) is 30.4 Å². The Morgan fingerprint density at radius 1 is 0.981 bits per heavy atom. The van der Waals surface area contributed by atoms with Gasteiger partial charge < -0.3 is 29.7 Å². The highest BCUT2D eigenvalue weighted by atomic mass is 19.4. The number of carboxylic acid groups (broad SMARTS) is 1. The molecule has 7 aliphatic rings. The van der Waals surface area contributed by atoms with Gasteiger partial charge in [0.25, 0.3) is 5.91 Å². The topological polar surface area (TPSA) is 143 Å². The lowest BCUT2D eigenvalue weighted by atomic mass is 9.48. The summed E-state index contributed by atoms with van der Waals surface area (Å²) in [5.41, 5.74) is -2.75. The quantitative estimate of drug-likeness (QED) is 0.335. The molecule has 15 heteroatoms. The van der Waals surface area contributed by atoms with Gasteiger partial charge in [0.2, 0.25) is 11.9 Å². The minimum atomic E-state index is -5.00. The standard InChI is InChI=1S/C37H40F3N7O5/c38-37(39,40)30-27(31(48)45-36(32(49)50)23-13-21-12-22(15-23)16-24(36)14-21)18-43-34(44-30)47-19-35(6-11-51-20-35)28-17-26(2-3-29(28)47)52-25-4-9-46(10-5-25)33-41-7-1-8-42-33/h1-3,7-8,17-18,21-25H,4-6,9-16,19-20H2,(H,45,48)(H,49,50). The first kappa shape index (κ1) is 33.3. The number of amides is 1. The monoisotopic (exact) mass is 719 g/mol. The molecule has 2 saturated heterocycles. The van der Waals surface area contributed by atoms with Crippen molar-refractivity contribution in [3.8, 4) is 5.75 Å². The van der Waals surface area contributed by atoms with Crippen molar-refractivity contribution in [1.29, 1.82) is 0 Å². The Hall–Kier alpha value is -4.53. The maximum atomic E-state index is 14.7. The summed E-state index contributed by atoms with van der Waals surface area (Å²) in [6, 6.07) is 7.38. The van der Waals surface area contributed by atoms with Crippen LogP contribution in [0.3, 0.4) is 0 Å². The van der Waals surface area contributed by atoms with Gasteiger partial charge in [0.15, 0.2) is 5.69 Å². The average Bonchev–Trinajstić information content (AvgIpc) is 3.74. The van der Waals surface area contributed by atoms with Crippen molar-refractivity contribution in [3.63, 3.8) is 0 Å². The maximum absolute atomic E-state index is 14.7. The lowest BCUT2D eigenvalue weighted by molar-refractivity contribution is -0.163. The van der Waals surface area contributed by atoms with Crippen LogP contribution < -0.4 is 19.9 Å². The second kappa shape index (κ2) is 12.3. The van der Waals surface area contributed by atoms with E-state index in [2.05, 4.69) is 30.2 Å². The Bertz CT molecular complexity index is 1850. The molecule has 1 spiro atoms. The fourth-order valence-electron chi connectivity index (χ4n) is 10.3. The van der Waals surface area contributed by atoms with E-state index in [1.54, 1.807) is 23.4 Å². The maximum Gasteiger partial charge on any atom is 0.434 e. The predicted octanol–water partition coefficient (Wildman–Crippen LogP) is 5.15. The van der Waals surface area contributed by atoms with Gasteiger partial charge in [-0.15, -0.1) is 0 Å². The summed E-state index contributed by atoms with van der Waals surface area (Å²) in [6.07, 6.45) is 5.18. The molecule has 4 aliphatic carbocycles. The number of carbonyl (C=O) groups excluding carboxylic acids is 1. The van der Waals surface area contributed by atoms with Gasteiger partial charge in [-0.25, -0.2) is 24.7 Å². The summed E-state index contributed by atoms with van der Waals surface area (Å²) in [7, 11) is 0. The number of ether oxygens (including phenoxy) is 2. The predicted molar refractivity (Wildman–Crippen MR) is 180 cm³/mol. The fourth-order valence-corrected chi connectivity index (χ4v) is 10.3. The minimum absolute atomic E-state index is 0.0261. The van der Waals surface area contributed by atoms with Crippen LogP contribution in [-0.2, 0) is 21.1 Å². The van der Waals surface area contributed by atoms with Gasteiger partial charge in [0.05, 0.1) is 12.2 Å². The van der Waals surface area contributed by atoms with E-state index >= 15 is 0 Å². The van der Waals surface area contributed by atoms with E-state index in [0.717, 1.165) is 44.1 Å². The van der Waals surface area contributed by atoms with Crippen LogP contribution in [0.1, 0.15) is 73.0 Å². The number of carboxylic acids is 1. The first-order chi connectivity index (χ1) is 25.0. The molecule has 4 bridgehead atoms. The van der Waals surface area contributed by atoms with Crippen molar-refractivity contribution >= 4 is 29.5 Å². The molecule has 3 aromatic rings. The van der Waals surface area contributed by atoms with Crippen LogP contribution in [0.15, 0.2) is 42.9 Å². The molecule has 6 fully saturated rings. The molecule has 5 heterocycles. The van der Waals surface area contributed by atoms with E-state index in [1.165, 1.54) is 0 Å². The van der Waals surface area contributed by atoms with E-state index in [9.17, 15) is 27.9 Å². The van der Waals surface area contributed by atoms with E-state index in [1.807, 2.05) is 18.2 Å². The Kier molecular flexibility index (Phi) is 7.86. The molecule has 1 aromatic carbocycles. The van der Waals surface area contributed by atoms with Crippen LogP contribution in [-0.4, -0.2) is 81.4 Å². The number of alkyl halides is 3. The Morgan fingerprint density at radius 2 is 1.69 bits per heavy atom. The smallest absolute Gasteiger partial charge is 0.434 e. The van der Waals surface area contributed by atoms with Gasteiger partial charge >= 0.3 is 12.1 Å². The highest BCUT2D eigenvalue weighted by Gasteiger charge is 2.62. The summed E-state index contributed by atoms with van der Waals surface area (Å²) in [5.74, 6) is -0.982. The van der Waals surface area contributed by atoms with Crippen molar-refractivity contribution < 1.29 is 37.3 Å². The first-order valence-electron chi connectivity index (χ1n) is 18.2. The molecule has 2 aromatic heterocycles. The van der Waals surface area contributed by atoms with Crippen molar-refractivity contribution in [1.82, 2.24) is 25.3 Å². The van der Waals surface area contributed by atoms with E-state index in [4.69, 9.17) is 9.47 Å². The number of anilines is 3. The molecule has 1 amide bonds. The number of nitrogens with one attached hydrogen (secondary N) is 1. The van der Waals surface area contributed by atoms with Crippen LogP contribution >= 0.6 is 0 Å². The molecule has 4 saturated carbocycles. The number of nitrogens with zero attached hydrogens (tertiary/aromatic N) is 6. The Labute approximate surface area is 298 Å². The van der Waals surface area contributed by atoms with Gasteiger partial charge in [-0.2, -0.15) is 13.2 Å². The van der Waals surface area contributed by atoms with Gasteiger partial charge in [0, 0.05) is 68.8 Å². The molecule has 0 radical (unpaired) electrons. The van der Waals surface area contributed by atoms with Crippen LogP contribution in [0.4, 0.5) is 30.8 Å². The summed E-state index contributed by atoms with van der Waals surface area (Å²) >= 11 is 0. The molecule has 274 valence electrons. The van der Waals surface area contributed by atoms with Crippen LogP contribution in [0.25, 0.3) is 0 Å². The fraction of sp³-hybridized carbons (Fsp3) is 0.568. The van der Waals surface area contributed by atoms with Crippen LogP contribution in [0, 0.1) is 23.7 Å². The highest BCUT2D eigenvalue weighted by molar-refractivity contribution is 5.99. The third kappa shape index (κ3) is 5.45. The number of hydrogen-bond donors (Lipinski definition) is 2. The molecule has 10 rings (SSSR count).